The Morgan fingerprint density at radius 3 is 2.76 bits per heavy atom. The van der Waals surface area contributed by atoms with Crippen molar-refractivity contribution < 1.29 is 28.8 Å². The maximum Gasteiger partial charge on any atom is 0.217 e. The molecular formula is C18H25NO6. The van der Waals surface area contributed by atoms with Gasteiger partial charge in [-0.05, 0) is 19.4 Å². The number of carbonyl (C=O) groups excluding carboxylic acids is 1. The van der Waals surface area contributed by atoms with E-state index in [0.717, 1.165) is 5.56 Å². The molecule has 2 heterocycles. The highest BCUT2D eigenvalue weighted by Gasteiger charge is 2.51. The number of aliphatic hydroxyl groups excluding tert-OH is 1. The second-order valence-electron chi connectivity index (χ2n) is 6.85. The number of rotatable bonds is 4. The summed E-state index contributed by atoms with van der Waals surface area (Å²) in [5, 5.41) is 13.5. The zero-order valence-electron chi connectivity index (χ0n) is 14.7. The van der Waals surface area contributed by atoms with Crippen LogP contribution < -0.4 is 5.32 Å². The summed E-state index contributed by atoms with van der Waals surface area (Å²) in [6.45, 7) is 5.54. The van der Waals surface area contributed by atoms with Crippen LogP contribution in [0.3, 0.4) is 0 Å². The highest BCUT2D eigenvalue weighted by Crippen LogP contribution is 2.33. The van der Waals surface area contributed by atoms with Gasteiger partial charge in [0.1, 0.15) is 24.4 Å². The maximum absolute atomic E-state index is 11.6. The summed E-state index contributed by atoms with van der Waals surface area (Å²) in [5.74, 6) is -1.09. The molecule has 2 aliphatic heterocycles. The summed E-state index contributed by atoms with van der Waals surface area (Å²) >= 11 is 0. The molecular weight excluding hydrogens is 326 g/mol. The van der Waals surface area contributed by atoms with Crippen LogP contribution in [0.2, 0.25) is 0 Å². The number of hydrogen-bond acceptors (Lipinski definition) is 6. The van der Waals surface area contributed by atoms with E-state index in [1.54, 1.807) is 13.8 Å². The molecule has 1 aromatic rings. The van der Waals surface area contributed by atoms with Gasteiger partial charge in [0.25, 0.3) is 0 Å². The minimum Gasteiger partial charge on any atom is -0.388 e. The number of benzene rings is 1. The van der Waals surface area contributed by atoms with Gasteiger partial charge < -0.3 is 29.4 Å². The normalized spacial score (nSPS) is 34.2. The van der Waals surface area contributed by atoms with Gasteiger partial charge in [-0.3, -0.25) is 4.79 Å². The van der Waals surface area contributed by atoms with Gasteiger partial charge in [-0.1, -0.05) is 30.3 Å². The van der Waals surface area contributed by atoms with E-state index in [1.807, 2.05) is 30.3 Å². The first-order chi connectivity index (χ1) is 11.9. The largest absolute Gasteiger partial charge is 0.388 e. The minimum atomic E-state index is -0.966. The molecule has 2 N–H and O–H groups in total. The zero-order chi connectivity index (χ0) is 18.0. The Morgan fingerprint density at radius 2 is 2.08 bits per heavy atom. The lowest BCUT2D eigenvalue weighted by Crippen LogP contribution is -2.68. The SMILES string of the molecule is CC(=O)N[C@H]1[C@H](OCc2ccccc2)O[C@@H]2COC(C)(C)O[C@H]2[C@@H]1O. The zero-order valence-corrected chi connectivity index (χ0v) is 14.7. The lowest BCUT2D eigenvalue weighted by molar-refractivity contribution is -0.369. The minimum absolute atomic E-state index is 0.272. The fourth-order valence-electron chi connectivity index (χ4n) is 3.13. The molecule has 2 fully saturated rings. The smallest absolute Gasteiger partial charge is 0.217 e. The Bertz CT molecular complexity index is 592. The molecule has 0 spiro atoms. The van der Waals surface area contributed by atoms with Crippen LogP contribution in [-0.4, -0.2) is 54.1 Å². The lowest BCUT2D eigenvalue weighted by atomic mass is 9.95. The summed E-state index contributed by atoms with van der Waals surface area (Å²) in [6, 6.07) is 8.91. The van der Waals surface area contributed by atoms with Gasteiger partial charge >= 0.3 is 0 Å². The van der Waals surface area contributed by atoms with E-state index in [1.165, 1.54) is 6.92 Å². The van der Waals surface area contributed by atoms with Crippen molar-refractivity contribution in [1.82, 2.24) is 5.32 Å². The van der Waals surface area contributed by atoms with E-state index in [0.29, 0.717) is 6.61 Å². The lowest BCUT2D eigenvalue weighted by Gasteiger charge is -2.49. The molecule has 138 valence electrons. The van der Waals surface area contributed by atoms with Gasteiger partial charge in [-0.15, -0.1) is 0 Å². The van der Waals surface area contributed by atoms with Crippen LogP contribution in [0.5, 0.6) is 0 Å². The Hall–Kier alpha value is -1.51. The molecule has 3 rings (SSSR count). The quantitative estimate of drug-likeness (QED) is 0.840. The molecule has 2 aliphatic rings. The van der Waals surface area contributed by atoms with E-state index in [4.69, 9.17) is 18.9 Å². The van der Waals surface area contributed by atoms with E-state index in [2.05, 4.69) is 5.32 Å². The van der Waals surface area contributed by atoms with Gasteiger partial charge in [0.05, 0.1) is 13.2 Å². The van der Waals surface area contributed by atoms with Gasteiger partial charge in [-0.2, -0.15) is 0 Å². The van der Waals surface area contributed by atoms with Crippen molar-refractivity contribution in [1.29, 1.82) is 0 Å². The molecule has 0 saturated carbocycles. The topological polar surface area (TPSA) is 86.3 Å². The fourth-order valence-corrected chi connectivity index (χ4v) is 3.13. The summed E-state index contributed by atoms with van der Waals surface area (Å²) < 4.78 is 23.2. The Morgan fingerprint density at radius 1 is 1.36 bits per heavy atom. The summed E-state index contributed by atoms with van der Waals surface area (Å²) in [5.41, 5.74) is 0.974. The Labute approximate surface area is 147 Å². The predicted octanol–water partition coefficient (Wildman–Crippen LogP) is 0.945. The van der Waals surface area contributed by atoms with E-state index in [9.17, 15) is 9.90 Å². The number of carbonyl (C=O) groups is 1. The second-order valence-corrected chi connectivity index (χ2v) is 6.85. The number of nitrogens with one attached hydrogen (secondary N) is 1. The van der Waals surface area contributed by atoms with Crippen LogP contribution in [0.25, 0.3) is 0 Å². The van der Waals surface area contributed by atoms with Crippen LogP contribution in [-0.2, 0) is 30.3 Å². The highest BCUT2D eigenvalue weighted by molar-refractivity contribution is 5.73. The number of fused-ring (bicyclic) bond motifs is 1. The third kappa shape index (κ3) is 4.37. The molecule has 7 heteroatoms. The van der Waals surface area contributed by atoms with E-state index < -0.39 is 36.4 Å². The first-order valence-electron chi connectivity index (χ1n) is 8.44. The number of amides is 1. The van der Waals surface area contributed by atoms with Crippen LogP contribution in [0.4, 0.5) is 0 Å². The summed E-state index contributed by atoms with van der Waals surface area (Å²) in [7, 11) is 0. The second kappa shape index (κ2) is 7.39. The molecule has 0 aliphatic carbocycles. The van der Waals surface area contributed by atoms with Crippen molar-refractivity contribution in [3.05, 3.63) is 35.9 Å². The standard InChI is InChI=1S/C18H25NO6/c1-11(20)19-14-15(21)16-13(10-23-18(2,3)25-16)24-17(14)22-9-12-7-5-4-6-8-12/h4-8,13-17,21H,9-10H2,1-3H3,(H,19,20)/t13-,14-,15-,16-,17-/m1/s1. The van der Waals surface area contributed by atoms with Gasteiger partial charge in [0, 0.05) is 6.92 Å². The molecule has 5 atom stereocenters. The molecule has 0 unspecified atom stereocenters. The van der Waals surface area contributed by atoms with E-state index >= 15 is 0 Å². The van der Waals surface area contributed by atoms with Crippen molar-refractivity contribution in [2.45, 2.75) is 63.8 Å². The van der Waals surface area contributed by atoms with Gasteiger partial charge in [0.2, 0.25) is 5.91 Å². The average molecular weight is 351 g/mol. The van der Waals surface area contributed by atoms with E-state index in [-0.39, 0.29) is 12.5 Å². The first kappa shape index (κ1) is 18.3. The molecule has 0 bridgehead atoms. The predicted molar refractivity (Wildman–Crippen MR) is 88.4 cm³/mol. The number of aliphatic hydroxyl groups is 1. The van der Waals surface area contributed by atoms with Gasteiger partial charge in [-0.25, -0.2) is 0 Å². The number of hydrogen-bond donors (Lipinski definition) is 2. The molecule has 0 radical (unpaired) electrons. The molecule has 1 aromatic carbocycles. The molecule has 7 nitrogen and oxygen atoms in total. The summed E-state index contributed by atoms with van der Waals surface area (Å²) in [6.07, 6.45) is -2.83. The van der Waals surface area contributed by atoms with Crippen molar-refractivity contribution >= 4 is 5.91 Å². The third-order valence-electron chi connectivity index (χ3n) is 4.32. The number of ether oxygens (including phenoxy) is 4. The van der Waals surface area contributed by atoms with Crippen molar-refractivity contribution in [3.8, 4) is 0 Å². The van der Waals surface area contributed by atoms with Crippen LogP contribution >= 0.6 is 0 Å². The van der Waals surface area contributed by atoms with Crippen LogP contribution in [0, 0.1) is 0 Å². The molecule has 1 amide bonds. The van der Waals surface area contributed by atoms with Crippen LogP contribution in [0.15, 0.2) is 30.3 Å². The van der Waals surface area contributed by atoms with Crippen molar-refractivity contribution in [3.63, 3.8) is 0 Å². The summed E-state index contributed by atoms with van der Waals surface area (Å²) in [4.78, 5) is 11.6. The van der Waals surface area contributed by atoms with Crippen molar-refractivity contribution in [2.75, 3.05) is 6.61 Å². The van der Waals surface area contributed by atoms with Crippen LogP contribution in [0.1, 0.15) is 26.3 Å². The molecule has 25 heavy (non-hydrogen) atoms. The first-order valence-corrected chi connectivity index (χ1v) is 8.44. The average Bonchev–Trinajstić information content (AvgIpc) is 2.57. The Kier molecular flexibility index (Phi) is 5.41. The van der Waals surface area contributed by atoms with Crippen molar-refractivity contribution in [2.24, 2.45) is 0 Å². The maximum atomic E-state index is 11.6. The fraction of sp³-hybridized carbons (Fsp3) is 0.611. The molecule has 0 aromatic heterocycles. The third-order valence-corrected chi connectivity index (χ3v) is 4.32. The Balaban J connectivity index is 1.73. The monoisotopic (exact) mass is 351 g/mol. The van der Waals surface area contributed by atoms with Gasteiger partial charge in [0.15, 0.2) is 12.1 Å². The molecule has 2 saturated heterocycles. The highest BCUT2D eigenvalue weighted by atomic mass is 16.8.